The lowest BCUT2D eigenvalue weighted by Crippen LogP contribution is -2.59. The van der Waals surface area contributed by atoms with Crippen LogP contribution in [-0.4, -0.2) is 43.7 Å². The first-order valence-electron chi connectivity index (χ1n) is 8.03. The number of piperazine rings is 1. The van der Waals surface area contributed by atoms with Crippen molar-refractivity contribution in [3.63, 3.8) is 0 Å². The molecule has 0 amide bonds. The molecule has 3 nitrogen and oxygen atoms in total. The van der Waals surface area contributed by atoms with Gasteiger partial charge in [0.05, 0.1) is 0 Å². The van der Waals surface area contributed by atoms with E-state index >= 15 is 0 Å². The predicted molar refractivity (Wildman–Crippen MR) is 85.2 cm³/mol. The molecule has 1 aromatic rings. The molecule has 0 aliphatic carbocycles. The number of fused-ring (bicyclic) bond motifs is 1. The number of rotatable bonds is 3. The van der Waals surface area contributed by atoms with Crippen LogP contribution in [0.3, 0.4) is 0 Å². The molecular formula is C17H27N3. The topological polar surface area (TPSA) is 18.5 Å². The monoisotopic (exact) mass is 273 g/mol. The van der Waals surface area contributed by atoms with Crippen molar-refractivity contribution in [1.29, 1.82) is 0 Å². The Kier molecular flexibility index (Phi) is 4.27. The van der Waals surface area contributed by atoms with E-state index in [0.29, 0.717) is 6.04 Å². The summed E-state index contributed by atoms with van der Waals surface area (Å²) in [6.45, 7) is 7.05. The molecule has 2 unspecified atom stereocenters. The highest BCUT2D eigenvalue weighted by molar-refractivity contribution is 5.55. The Hall–Kier alpha value is -1.06. The highest BCUT2D eigenvalue weighted by atomic mass is 15.3. The van der Waals surface area contributed by atoms with Gasteiger partial charge in [-0.15, -0.1) is 0 Å². The molecule has 0 radical (unpaired) electrons. The molecule has 2 aliphatic rings. The van der Waals surface area contributed by atoms with Gasteiger partial charge in [-0.3, -0.25) is 4.90 Å². The van der Waals surface area contributed by atoms with Gasteiger partial charge in [-0.25, -0.2) is 0 Å². The first-order chi connectivity index (χ1) is 9.79. The normalized spacial score (nSPS) is 27.4. The number of piperidine rings is 1. The Morgan fingerprint density at radius 1 is 1.20 bits per heavy atom. The van der Waals surface area contributed by atoms with Crippen molar-refractivity contribution < 1.29 is 0 Å². The maximum absolute atomic E-state index is 3.30. The second-order valence-corrected chi connectivity index (χ2v) is 6.30. The highest BCUT2D eigenvalue weighted by Gasteiger charge is 2.33. The lowest BCUT2D eigenvalue weighted by atomic mass is 9.96. The molecule has 1 N–H and O–H groups in total. The van der Waals surface area contributed by atoms with E-state index in [0.717, 1.165) is 12.6 Å². The fraction of sp³-hybridized carbons (Fsp3) is 0.647. The van der Waals surface area contributed by atoms with Gasteiger partial charge in [0.25, 0.3) is 0 Å². The van der Waals surface area contributed by atoms with Gasteiger partial charge >= 0.3 is 0 Å². The highest BCUT2D eigenvalue weighted by Crippen LogP contribution is 2.30. The molecule has 0 bridgehead atoms. The van der Waals surface area contributed by atoms with Crippen molar-refractivity contribution in [3.8, 4) is 0 Å². The minimum atomic E-state index is 0.613. The van der Waals surface area contributed by atoms with E-state index in [1.807, 2.05) is 7.05 Å². The molecule has 0 aromatic heterocycles. The second-order valence-electron chi connectivity index (χ2n) is 6.30. The average Bonchev–Trinajstić information content (AvgIpc) is 2.48. The van der Waals surface area contributed by atoms with Crippen LogP contribution in [0.1, 0.15) is 31.7 Å². The van der Waals surface area contributed by atoms with Gasteiger partial charge in [0.2, 0.25) is 0 Å². The first kappa shape index (κ1) is 13.9. The van der Waals surface area contributed by atoms with Crippen LogP contribution in [0.2, 0.25) is 0 Å². The van der Waals surface area contributed by atoms with Crippen molar-refractivity contribution in [2.45, 2.75) is 44.8 Å². The summed E-state index contributed by atoms with van der Waals surface area (Å²) in [7, 11) is 2.03. The molecule has 20 heavy (non-hydrogen) atoms. The van der Waals surface area contributed by atoms with Crippen LogP contribution in [0.5, 0.6) is 0 Å². The predicted octanol–water partition coefficient (Wildman–Crippen LogP) is 2.47. The third-order valence-electron chi connectivity index (χ3n) is 4.86. The number of hydrogen-bond acceptors (Lipinski definition) is 3. The Morgan fingerprint density at radius 3 is 2.90 bits per heavy atom. The number of nitrogens with one attached hydrogen (secondary N) is 1. The van der Waals surface area contributed by atoms with Crippen molar-refractivity contribution in [2.24, 2.45) is 0 Å². The number of nitrogens with zero attached hydrogens (tertiary/aromatic N) is 2. The molecule has 1 aromatic carbocycles. The van der Waals surface area contributed by atoms with Crippen LogP contribution in [0.15, 0.2) is 24.3 Å². The second kappa shape index (κ2) is 6.15. The summed E-state index contributed by atoms with van der Waals surface area (Å²) in [5, 5.41) is 3.30. The minimum Gasteiger partial charge on any atom is -0.366 e. The molecule has 2 saturated heterocycles. The number of hydrogen-bond donors (Lipinski definition) is 1. The SMILES string of the molecule is CNCc1ccccc1N1CC2CCCCN2CC1C. The van der Waals surface area contributed by atoms with Gasteiger partial charge in [-0.1, -0.05) is 24.6 Å². The maximum atomic E-state index is 3.30. The van der Waals surface area contributed by atoms with Gasteiger partial charge in [-0.05, 0) is 45.0 Å². The van der Waals surface area contributed by atoms with Gasteiger partial charge < -0.3 is 10.2 Å². The van der Waals surface area contributed by atoms with Gasteiger partial charge in [-0.2, -0.15) is 0 Å². The van der Waals surface area contributed by atoms with Crippen LogP contribution in [0, 0.1) is 0 Å². The van der Waals surface area contributed by atoms with Crippen LogP contribution < -0.4 is 10.2 Å². The zero-order valence-electron chi connectivity index (χ0n) is 12.8. The Balaban J connectivity index is 1.82. The molecular weight excluding hydrogens is 246 g/mol. The van der Waals surface area contributed by atoms with Crippen molar-refractivity contribution in [2.75, 3.05) is 31.6 Å². The fourth-order valence-electron chi connectivity index (χ4n) is 3.82. The Morgan fingerprint density at radius 2 is 2.05 bits per heavy atom. The summed E-state index contributed by atoms with van der Waals surface area (Å²) in [4.78, 5) is 5.35. The molecule has 2 fully saturated rings. The average molecular weight is 273 g/mol. The lowest BCUT2D eigenvalue weighted by Gasteiger charge is -2.49. The smallest absolute Gasteiger partial charge is 0.0415 e. The molecule has 3 rings (SSSR count). The molecule has 3 heteroatoms. The molecule has 2 aliphatic heterocycles. The van der Waals surface area contributed by atoms with Crippen LogP contribution in [0.4, 0.5) is 5.69 Å². The summed E-state index contributed by atoms with van der Waals surface area (Å²) >= 11 is 0. The van der Waals surface area contributed by atoms with Gasteiger partial charge in [0, 0.05) is 37.4 Å². The Labute approximate surface area is 123 Å². The summed E-state index contributed by atoms with van der Waals surface area (Å²) in [6.07, 6.45) is 4.17. The fourth-order valence-corrected chi connectivity index (χ4v) is 3.82. The van der Waals surface area contributed by atoms with E-state index < -0.39 is 0 Å². The number of benzene rings is 1. The quantitative estimate of drug-likeness (QED) is 0.913. The van der Waals surface area contributed by atoms with Crippen LogP contribution in [-0.2, 0) is 6.54 Å². The molecule has 0 saturated carbocycles. The minimum absolute atomic E-state index is 0.613. The van der Waals surface area contributed by atoms with Gasteiger partial charge in [0.1, 0.15) is 0 Å². The zero-order chi connectivity index (χ0) is 13.9. The standard InChI is InChI=1S/C17H27N3/c1-14-12-19-10-6-5-8-16(19)13-20(14)17-9-4-3-7-15(17)11-18-2/h3-4,7,9,14,16,18H,5-6,8,10-13H2,1-2H3. The summed E-state index contributed by atoms with van der Waals surface area (Å²) < 4.78 is 0. The maximum Gasteiger partial charge on any atom is 0.0415 e. The lowest BCUT2D eigenvalue weighted by molar-refractivity contribution is 0.115. The van der Waals surface area contributed by atoms with E-state index in [1.54, 1.807) is 0 Å². The van der Waals surface area contributed by atoms with Gasteiger partial charge in [0.15, 0.2) is 0 Å². The van der Waals surface area contributed by atoms with Crippen molar-refractivity contribution >= 4 is 5.69 Å². The molecule has 2 atom stereocenters. The largest absolute Gasteiger partial charge is 0.366 e. The molecule has 110 valence electrons. The van der Waals surface area contributed by atoms with E-state index in [2.05, 4.69) is 46.3 Å². The summed E-state index contributed by atoms with van der Waals surface area (Å²) in [5.74, 6) is 0. The summed E-state index contributed by atoms with van der Waals surface area (Å²) in [5.41, 5.74) is 2.85. The summed E-state index contributed by atoms with van der Waals surface area (Å²) in [6, 6.07) is 10.3. The zero-order valence-corrected chi connectivity index (χ0v) is 12.8. The number of anilines is 1. The van der Waals surface area contributed by atoms with Crippen LogP contribution >= 0.6 is 0 Å². The Bertz CT molecular complexity index is 446. The third kappa shape index (κ3) is 2.70. The van der Waals surface area contributed by atoms with Crippen molar-refractivity contribution in [3.05, 3.63) is 29.8 Å². The third-order valence-corrected chi connectivity index (χ3v) is 4.86. The first-order valence-corrected chi connectivity index (χ1v) is 8.03. The number of para-hydroxylation sites is 1. The molecule has 2 heterocycles. The van der Waals surface area contributed by atoms with E-state index in [-0.39, 0.29) is 0 Å². The van der Waals surface area contributed by atoms with E-state index in [1.165, 1.54) is 50.1 Å². The van der Waals surface area contributed by atoms with E-state index in [4.69, 9.17) is 0 Å². The van der Waals surface area contributed by atoms with Crippen molar-refractivity contribution in [1.82, 2.24) is 10.2 Å². The molecule has 0 spiro atoms. The van der Waals surface area contributed by atoms with E-state index in [9.17, 15) is 0 Å². The van der Waals surface area contributed by atoms with Crippen LogP contribution in [0.25, 0.3) is 0 Å².